The molecule has 46 heavy (non-hydrogen) atoms. The van der Waals surface area contributed by atoms with Crippen molar-refractivity contribution < 1.29 is 0 Å². The standard InChI is InChI=1S/C38H40N4S4/c1-5-9-11-25(7-3)13-29-17-33(43-31(29)15-27(21-39)22-40)35-19-37-38(45-35)20-36(46-37)34-18-30(14-26(8-4)12-10-6-2)32(44-34)16-28(23-41)24-42/h15-20,25-26H,5-14H2,1-4H3. The quantitative estimate of drug-likeness (QED) is 0.110. The van der Waals surface area contributed by atoms with Gasteiger partial charge in [0.15, 0.2) is 0 Å². The van der Waals surface area contributed by atoms with E-state index in [1.54, 1.807) is 57.5 Å². The van der Waals surface area contributed by atoms with Crippen LogP contribution in [0.5, 0.6) is 0 Å². The molecule has 2 unspecified atom stereocenters. The number of unbranched alkanes of at least 4 members (excludes halogenated alkanes) is 2. The first-order valence-electron chi connectivity index (χ1n) is 16.2. The Kier molecular flexibility index (Phi) is 13.4. The monoisotopic (exact) mass is 680 g/mol. The molecule has 0 aliphatic rings. The molecule has 0 saturated carbocycles. The molecule has 4 heterocycles. The molecule has 0 N–H and O–H groups in total. The molecule has 4 rings (SSSR count). The summed E-state index contributed by atoms with van der Waals surface area (Å²) in [5, 5.41) is 37.8. The zero-order chi connectivity index (χ0) is 33.1. The molecule has 0 saturated heterocycles. The molecule has 4 aromatic rings. The van der Waals surface area contributed by atoms with Gasteiger partial charge in [-0.2, -0.15) is 21.0 Å². The number of hydrogen-bond acceptors (Lipinski definition) is 8. The van der Waals surface area contributed by atoms with Crippen molar-refractivity contribution >= 4 is 66.9 Å². The first-order chi connectivity index (χ1) is 22.4. The Morgan fingerprint density at radius 2 is 0.957 bits per heavy atom. The summed E-state index contributed by atoms with van der Waals surface area (Å²) in [4.78, 5) is 6.82. The van der Waals surface area contributed by atoms with Crippen LogP contribution in [0, 0.1) is 57.2 Å². The summed E-state index contributed by atoms with van der Waals surface area (Å²) in [6, 6.07) is 17.3. The summed E-state index contributed by atoms with van der Waals surface area (Å²) in [5.74, 6) is 1.17. The van der Waals surface area contributed by atoms with Gasteiger partial charge in [0.05, 0.1) is 0 Å². The van der Waals surface area contributed by atoms with Gasteiger partial charge in [-0.25, -0.2) is 0 Å². The van der Waals surface area contributed by atoms with Gasteiger partial charge in [-0.15, -0.1) is 45.3 Å². The number of allylic oxidation sites excluding steroid dienone is 2. The second-order valence-corrected chi connectivity index (χ2v) is 16.1. The maximum atomic E-state index is 9.45. The van der Waals surface area contributed by atoms with Crippen LogP contribution in [0.3, 0.4) is 0 Å². The Labute approximate surface area is 290 Å². The minimum atomic E-state index is 0.143. The van der Waals surface area contributed by atoms with Gasteiger partial charge in [-0.3, -0.25) is 0 Å². The van der Waals surface area contributed by atoms with Crippen molar-refractivity contribution in [2.75, 3.05) is 0 Å². The first-order valence-corrected chi connectivity index (χ1v) is 19.5. The molecule has 0 fully saturated rings. The number of nitriles is 4. The second-order valence-electron chi connectivity index (χ2n) is 11.8. The van der Waals surface area contributed by atoms with E-state index in [-0.39, 0.29) is 11.1 Å². The molecule has 2 atom stereocenters. The molecule has 0 aliphatic carbocycles. The molecule has 236 valence electrons. The minimum Gasteiger partial charge on any atom is -0.192 e. The molecule has 8 heteroatoms. The Bertz CT molecular complexity index is 1670. The SMILES string of the molecule is CCCCC(CC)Cc1cc(-c2cc3sc(-c4cc(CC(CC)CCCC)c(C=C(C#N)C#N)s4)cc3s2)sc1C=C(C#N)C#N. The van der Waals surface area contributed by atoms with Crippen molar-refractivity contribution in [2.24, 2.45) is 11.8 Å². The van der Waals surface area contributed by atoms with Crippen molar-refractivity contribution in [1.82, 2.24) is 0 Å². The van der Waals surface area contributed by atoms with Gasteiger partial charge in [0, 0.05) is 38.7 Å². The number of fused-ring (bicyclic) bond motifs is 1. The molecule has 0 aliphatic heterocycles. The molecule has 0 spiro atoms. The van der Waals surface area contributed by atoms with E-state index < -0.39 is 0 Å². The molecular weight excluding hydrogens is 641 g/mol. The second kappa shape index (κ2) is 17.4. The van der Waals surface area contributed by atoms with E-state index in [9.17, 15) is 21.0 Å². The molecule has 4 aromatic heterocycles. The minimum absolute atomic E-state index is 0.143. The molecule has 0 amide bonds. The highest BCUT2D eigenvalue weighted by Gasteiger charge is 2.19. The lowest BCUT2D eigenvalue weighted by molar-refractivity contribution is 0.449. The lowest BCUT2D eigenvalue weighted by Crippen LogP contribution is -2.03. The van der Waals surface area contributed by atoms with Gasteiger partial charge in [0.25, 0.3) is 0 Å². The van der Waals surface area contributed by atoms with Crippen LogP contribution in [0.1, 0.15) is 99.9 Å². The highest BCUT2D eigenvalue weighted by atomic mass is 32.1. The van der Waals surface area contributed by atoms with Gasteiger partial charge in [-0.05, 0) is 72.2 Å². The van der Waals surface area contributed by atoms with E-state index in [0.29, 0.717) is 11.8 Å². The average Bonchev–Trinajstić information content (AvgIpc) is 3.85. The maximum absolute atomic E-state index is 9.45. The highest BCUT2D eigenvalue weighted by molar-refractivity contribution is 7.33. The third-order valence-electron chi connectivity index (χ3n) is 8.51. The first kappa shape index (κ1) is 35.4. The van der Waals surface area contributed by atoms with Crippen LogP contribution in [-0.2, 0) is 12.8 Å². The molecule has 0 bridgehead atoms. The highest BCUT2D eigenvalue weighted by Crippen LogP contribution is 2.46. The number of hydrogen-bond donors (Lipinski definition) is 0. The summed E-state index contributed by atoms with van der Waals surface area (Å²) in [6.45, 7) is 8.96. The largest absolute Gasteiger partial charge is 0.192 e. The predicted octanol–water partition coefficient (Wildman–Crippen LogP) is 12.8. The van der Waals surface area contributed by atoms with Crippen LogP contribution >= 0.6 is 45.3 Å². The van der Waals surface area contributed by atoms with Crippen LogP contribution < -0.4 is 0 Å². The van der Waals surface area contributed by atoms with Crippen molar-refractivity contribution in [3.05, 3.63) is 56.3 Å². The van der Waals surface area contributed by atoms with Crippen molar-refractivity contribution in [3.63, 3.8) is 0 Å². The van der Waals surface area contributed by atoms with Crippen LogP contribution in [0.4, 0.5) is 0 Å². The van der Waals surface area contributed by atoms with Gasteiger partial charge in [0.2, 0.25) is 0 Å². The normalized spacial score (nSPS) is 12.1. The molecule has 0 aromatic carbocycles. The fraction of sp³-hybridized carbons (Fsp3) is 0.421. The van der Waals surface area contributed by atoms with Crippen molar-refractivity contribution in [2.45, 2.75) is 91.9 Å². The summed E-state index contributed by atoms with van der Waals surface area (Å²) >= 11 is 6.92. The zero-order valence-electron chi connectivity index (χ0n) is 27.1. The predicted molar refractivity (Wildman–Crippen MR) is 199 cm³/mol. The summed E-state index contributed by atoms with van der Waals surface area (Å²) in [6.07, 6.45) is 14.9. The molecule has 4 nitrogen and oxygen atoms in total. The summed E-state index contributed by atoms with van der Waals surface area (Å²) in [7, 11) is 0. The third-order valence-corrected chi connectivity index (χ3v) is 13.4. The van der Waals surface area contributed by atoms with Gasteiger partial charge >= 0.3 is 0 Å². The van der Waals surface area contributed by atoms with Crippen molar-refractivity contribution in [3.8, 4) is 43.8 Å². The van der Waals surface area contributed by atoms with E-state index in [2.05, 4.69) is 52.0 Å². The Morgan fingerprint density at radius 1 is 0.587 bits per heavy atom. The van der Waals surface area contributed by atoms with Crippen LogP contribution in [0.2, 0.25) is 0 Å². The fourth-order valence-electron chi connectivity index (χ4n) is 5.72. The summed E-state index contributed by atoms with van der Waals surface area (Å²) < 4.78 is 2.48. The average molecular weight is 681 g/mol. The van der Waals surface area contributed by atoms with E-state index in [1.807, 2.05) is 24.3 Å². The number of thiophene rings is 4. The van der Waals surface area contributed by atoms with E-state index in [1.165, 1.54) is 78.6 Å². The van der Waals surface area contributed by atoms with Crippen LogP contribution in [0.15, 0.2) is 35.4 Å². The Balaban J connectivity index is 1.68. The lowest BCUT2D eigenvalue weighted by atomic mass is 9.92. The zero-order valence-corrected chi connectivity index (χ0v) is 30.4. The lowest BCUT2D eigenvalue weighted by Gasteiger charge is -2.14. The Morgan fingerprint density at radius 3 is 1.28 bits per heavy atom. The van der Waals surface area contributed by atoms with Gasteiger partial charge in [0.1, 0.15) is 35.4 Å². The summed E-state index contributed by atoms with van der Waals surface area (Å²) in [5.41, 5.74) is 2.75. The van der Waals surface area contributed by atoms with Crippen LogP contribution in [0.25, 0.3) is 41.1 Å². The third kappa shape index (κ3) is 8.85. The topological polar surface area (TPSA) is 95.2 Å². The van der Waals surface area contributed by atoms with E-state index >= 15 is 0 Å². The molecule has 0 radical (unpaired) electrons. The molecular formula is C38H40N4S4. The fourth-order valence-corrected chi connectivity index (χ4v) is 10.5. The van der Waals surface area contributed by atoms with E-state index in [4.69, 9.17) is 0 Å². The van der Waals surface area contributed by atoms with Crippen LogP contribution in [-0.4, -0.2) is 0 Å². The van der Waals surface area contributed by atoms with Crippen molar-refractivity contribution in [1.29, 1.82) is 21.0 Å². The number of rotatable bonds is 16. The van der Waals surface area contributed by atoms with Gasteiger partial charge < -0.3 is 0 Å². The van der Waals surface area contributed by atoms with Gasteiger partial charge in [-0.1, -0.05) is 79.1 Å². The smallest absolute Gasteiger partial charge is 0.131 e. The maximum Gasteiger partial charge on any atom is 0.131 e. The van der Waals surface area contributed by atoms with E-state index in [0.717, 1.165) is 35.4 Å². The number of nitrogens with zero attached hydrogens (tertiary/aromatic N) is 4. The Hall–Kier alpha value is -3.50.